The number of ether oxygens (including phenoxy) is 2. The SMILES string of the molecule is COc1cc(N2CCN(C(=O)CCCCCCOc3cccc4c3CN(C3CCC(=O)NC3=O)C4=O)CC2)ccc1Nc1ncc(Cl)c(Nc2ccccc2P(C)(C)=O)n1. The zero-order valence-electron chi connectivity index (χ0n) is 34.0. The fourth-order valence-corrected chi connectivity index (χ4v) is 9.06. The Balaban J connectivity index is 0.833. The van der Waals surface area contributed by atoms with Crippen molar-refractivity contribution < 1.29 is 33.2 Å². The summed E-state index contributed by atoms with van der Waals surface area (Å²) < 4.78 is 24.7. The summed E-state index contributed by atoms with van der Waals surface area (Å²) in [5.41, 5.74) is 3.61. The number of carbonyl (C=O) groups excluding carboxylic acids is 4. The van der Waals surface area contributed by atoms with Gasteiger partial charge in [-0.1, -0.05) is 42.6 Å². The summed E-state index contributed by atoms with van der Waals surface area (Å²) >= 11 is 6.45. The molecule has 17 heteroatoms. The largest absolute Gasteiger partial charge is 0.494 e. The number of unbranched alkanes of at least 4 members (excludes halogenated alkanes) is 3. The lowest BCUT2D eigenvalue weighted by Crippen LogP contribution is -2.52. The van der Waals surface area contributed by atoms with E-state index in [0.717, 1.165) is 36.9 Å². The molecule has 1 unspecified atom stereocenters. The first-order valence-electron chi connectivity index (χ1n) is 20.2. The summed E-state index contributed by atoms with van der Waals surface area (Å²) in [6.45, 7) is 6.83. The van der Waals surface area contributed by atoms with Gasteiger partial charge < -0.3 is 39.4 Å². The maximum absolute atomic E-state index is 13.1. The third-order valence-electron chi connectivity index (χ3n) is 11.0. The number of nitrogens with one attached hydrogen (secondary N) is 3. The fraction of sp³-hybridized carbons (Fsp3) is 0.395. The van der Waals surface area contributed by atoms with E-state index in [2.05, 4.69) is 30.8 Å². The van der Waals surface area contributed by atoms with E-state index in [1.807, 2.05) is 53.4 Å². The number of nitrogens with zero attached hydrogens (tertiary/aromatic N) is 5. The maximum Gasteiger partial charge on any atom is 0.255 e. The molecule has 2 fully saturated rings. The van der Waals surface area contributed by atoms with Crippen molar-refractivity contribution in [3.05, 3.63) is 83.0 Å². The fourth-order valence-electron chi connectivity index (χ4n) is 7.77. The predicted octanol–water partition coefficient (Wildman–Crippen LogP) is 6.31. The molecular weight excluding hydrogens is 807 g/mol. The molecule has 0 saturated carbocycles. The normalized spacial score (nSPS) is 16.7. The van der Waals surface area contributed by atoms with Gasteiger partial charge in [0.15, 0.2) is 5.82 Å². The number of para-hydroxylation sites is 1. The number of benzene rings is 3. The standard InChI is InChI=1S/C43H50ClN8O7P/c1-58-36-25-28(16-17-32(36)47-43-45-26-31(44)40(49-43)46-33-12-7-8-14-37(33)60(2,3)57)50-20-22-51(23-21-50)39(54)15-6-4-5-9-24-59-35-13-10-11-29-30(35)27-52(42(29)56)34-18-19-38(53)48-41(34)55/h7-8,10-14,16-17,25-26,34H,4-6,9,15,18-24,27H2,1-3H3,(H,48,53,55)(H2,45,46,47,49). The second-order valence-electron chi connectivity index (χ2n) is 15.5. The van der Waals surface area contributed by atoms with E-state index in [9.17, 15) is 23.7 Å². The van der Waals surface area contributed by atoms with E-state index in [0.29, 0.717) is 96.2 Å². The van der Waals surface area contributed by atoms with Crippen molar-refractivity contribution in [1.82, 2.24) is 25.1 Å². The zero-order chi connectivity index (χ0) is 42.4. The third kappa shape index (κ3) is 9.85. The Morgan fingerprint density at radius 1 is 0.933 bits per heavy atom. The summed E-state index contributed by atoms with van der Waals surface area (Å²) in [4.78, 5) is 64.8. The molecule has 0 aliphatic carbocycles. The number of hydrogen-bond acceptors (Lipinski definition) is 12. The first-order valence-corrected chi connectivity index (χ1v) is 23.2. The average molecular weight is 857 g/mol. The maximum atomic E-state index is 13.1. The third-order valence-corrected chi connectivity index (χ3v) is 12.8. The Morgan fingerprint density at radius 2 is 1.72 bits per heavy atom. The van der Waals surface area contributed by atoms with Crippen molar-refractivity contribution in [3.63, 3.8) is 0 Å². The molecule has 3 aliphatic heterocycles. The van der Waals surface area contributed by atoms with Crippen molar-refractivity contribution >= 4 is 76.5 Å². The van der Waals surface area contributed by atoms with Crippen LogP contribution in [0.2, 0.25) is 5.02 Å². The zero-order valence-corrected chi connectivity index (χ0v) is 35.7. The van der Waals surface area contributed by atoms with E-state index in [4.69, 9.17) is 21.1 Å². The number of carbonyl (C=O) groups is 4. The lowest BCUT2D eigenvalue weighted by atomic mass is 10.0. The molecule has 15 nitrogen and oxygen atoms in total. The Morgan fingerprint density at radius 3 is 2.48 bits per heavy atom. The monoisotopic (exact) mass is 856 g/mol. The van der Waals surface area contributed by atoms with Crippen molar-refractivity contribution in [2.45, 2.75) is 57.5 Å². The van der Waals surface area contributed by atoms with Gasteiger partial charge in [0, 0.05) is 67.2 Å². The number of anilines is 5. The van der Waals surface area contributed by atoms with Gasteiger partial charge in [0.2, 0.25) is 23.7 Å². The van der Waals surface area contributed by atoms with Gasteiger partial charge in [-0.25, -0.2) is 4.98 Å². The van der Waals surface area contributed by atoms with Crippen molar-refractivity contribution in [1.29, 1.82) is 0 Å². The van der Waals surface area contributed by atoms with Crippen LogP contribution in [0.4, 0.5) is 28.8 Å². The molecule has 1 aromatic heterocycles. The number of amides is 4. The molecule has 3 aromatic carbocycles. The van der Waals surface area contributed by atoms with E-state index >= 15 is 0 Å². The first-order chi connectivity index (χ1) is 28.9. The summed E-state index contributed by atoms with van der Waals surface area (Å²) in [6.07, 6.45) is 5.93. The molecule has 3 aliphatic rings. The van der Waals surface area contributed by atoms with Crippen LogP contribution in [0.3, 0.4) is 0 Å². The van der Waals surface area contributed by atoms with Crippen molar-refractivity contribution in [2.24, 2.45) is 0 Å². The van der Waals surface area contributed by atoms with Gasteiger partial charge in [-0.05, 0) is 69.0 Å². The second kappa shape index (κ2) is 18.7. The van der Waals surface area contributed by atoms with Crippen LogP contribution in [0.5, 0.6) is 11.5 Å². The highest BCUT2D eigenvalue weighted by atomic mass is 35.5. The van der Waals surface area contributed by atoms with Crippen LogP contribution < -0.4 is 35.6 Å². The van der Waals surface area contributed by atoms with E-state index in [1.54, 1.807) is 32.6 Å². The first kappa shape index (κ1) is 42.5. The van der Waals surface area contributed by atoms with Crippen LogP contribution in [0, 0.1) is 0 Å². The number of fused-ring (bicyclic) bond motifs is 1. The highest BCUT2D eigenvalue weighted by Crippen LogP contribution is 2.39. The number of halogens is 1. The van der Waals surface area contributed by atoms with Crippen LogP contribution in [-0.2, 0) is 25.5 Å². The molecule has 7 rings (SSSR count). The Hall–Kier alpha value is -5.66. The van der Waals surface area contributed by atoms with Crippen LogP contribution in [0.25, 0.3) is 0 Å². The van der Waals surface area contributed by atoms with Gasteiger partial charge in [-0.3, -0.25) is 24.5 Å². The Bertz CT molecular complexity index is 2310. The van der Waals surface area contributed by atoms with Gasteiger partial charge in [-0.2, -0.15) is 4.98 Å². The minimum absolute atomic E-state index is 0.159. The molecule has 4 heterocycles. The summed E-state index contributed by atoms with van der Waals surface area (Å²) in [5, 5.41) is 9.80. The molecule has 2 saturated heterocycles. The molecule has 316 valence electrons. The number of piperidine rings is 1. The molecule has 4 amide bonds. The number of piperazine rings is 1. The van der Waals surface area contributed by atoms with E-state index in [-0.39, 0.29) is 30.7 Å². The van der Waals surface area contributed by atoms with Crippen LogP contribution >= 0.6 is 18.7 Å². The van der Waals surface area contributed by atoms with Gasteiger partial charge in [0.05, 0.1) is 37.8 Å². The molecule has 60 heavy (non-hydrogen) atoms. The average Bonchev–Trinajstić information content (AvgIpc) is 3.57. The quantitative estimate of drug-likeness (QED) is 0.0652. The topological polar surface area (TPSA) is 175 Å². The number of rotatable bonds is 16. The van der Waals surface area contributed by atoms with Crippen LogP contribution in [0.15, 0.2) is 66.9 Å². The van der Waals surface area contributed by atoms with Crippen molar-refractivity contribution in [3.8, 4) is 11.5 Å². The molecule has 3 N–H and O–H groups in total. The highest BCUT2D eigenvalue weighted by Gasteiger charge is 2.40. The predicted molar refractivity (Wildman–Crippen MR) is 232 cm³/mol. The summed E-state index contributed by atoms with van der Waals surface area (Å²) in [7, 11) is -0.960. The molecular formula is C43H50ClN8O7P. The van der Waals surface area contributed by atoms with Crippen molar-refractivity contribution in [2.75, 3.05) is 68.8 Å². The molecule has 0 radical (unpaired) electrons. The van der Waals surface area contributed by atoms with E-state index in [1.165, 1.54) is 11.1 Å². The number of methoxy groups -OCH3 is 1. The highest BCUT2D eigenvalue weighted by molar-refractivity contribution is 7.70. The van der Waals surface area contributed by atoms with Crippen LogP contribution in [-0.4, -0.2) is 103 Å². The minimum atomic E-state index is -2.56. The van der Waals surface area contributed by atoms with Gasteiger partial charge in [0.1, 0.15) is 29.7 Å². The number of hydrogen-bond donors (Lipinski definition) is 3. The number of aromatic nitrogens is 2. The number of imide groups is 1. The van der Waals surface area contributed by atoms with Gasteiger partial charge in [0.25, 0.3) is 5.91 Å². The molecule has 1 atom stereocenters. The minimum Gasteiger partial charge on any atom is -0.494 e. The molecule has 0 spiro atoms. The Labute approximate surface area is 354 Å². The van der Waals surface area contributed by atoms with Crippen LogP contribution in [0.1, 0.15) is 60.9 Å². The second-order valence-corrected chi connectivity index (χ2v) is 19.0. The molecule has 0 bridgehead atoms. The summed E-state index contributed by atoms with van der Waals surface area (Å²) in [6, 6.07) is 17.9. The summed E-state index contributed by atoms with van der Waals surface area (Å²) in [5.74, 6) is 1.11. The van der Waals surface area contributed by atoms with Gasteiger partial charge >= 0.3 is 0 Å². The lowest BCUT2D eigenvalue weighted by Gasteiger charge is -2.36. The van der Waals surface area contributed by atoms with E-state index < -0.39 is 19.1 Å². The molecule has 4 aromatic rings. The van der Waals surface area contributed by atoms with Gasteiger partial charge in [-0.15, -0.1) is 0 Å². The smallest absolute Gasteiger partial charge is 0.255 e. The lowest BCUT2D eigenvalue weighted by molar-refractivity contribution is -0.137. The Kier molecular flexibility index (Phi) is 13.3.